The van der Waals surface area contributed by atoms with Crippen molar-refractivity contribution in [3.63, 3.8) is 0 Å². The smallest absolute Gasteiger partial charge is 0.268 e. The van der Waals surface area contributed by atoms with Gasteiger partial charge < -0.3 is 19.7 Å². The van der Waals surface area contributed by atoms with Gasteiger partial charge in [-0.1, -0.05) is 19.9 Å². The van der Waals surface area contributed by atoms with Gasteiger partial charge in [-0.15, -0.1) is 0 Å². The Morgan fingerprint density at radius 3 is 1.93 bits per heavy atom. The average Bonchev–Trinajstić information content (AvgIpc) is 3.19. The molecule has 3 rings (SSSR count). The second-order valence-electron chi connectivity index (χ2n) is 7.61. The Morgan fingerprint density at radius 1 is 0.897 bits per heavy atom. The van der Waals surface area contributed by atoms with Crippen molar-refractivity contribution in [3.05, 3.63) is 67.0 Å². The molecule has 0 amide bonds. The number of hydrogen-bond donors (Lipinski definition) is 4. The fourth-order valence-corrected chi connectivity index (χ4v) is 3.47. The maximum absolute atomic E-state index is 12.5. The van der Waals surface area contributed by atoms with Crippen LogP contribution < -0.4 is 20.6 Å². The molecule has 0 radical (unpaired) electrons. The van der Waals surface area contributed by atoms with E-state index < -0.39 is 5.92 Å². The summed E-state index contributed by atoms with van der Waals surface area (Å²) in [6.45, 7) is 8.47. The van der Waals surface area contributed by atoms with E-state index in [0.29, 0.717) is 46.5 Å². The summed E-state index contributed by atoms with van der Waals surface area (Å²) in [6, 6.07) is 5.52. The molecule has 0 fully saturated rings. The van der Waals surface area contributed by atoms with Gasteiger partial charge in [-0.25, -0.2) is 0 Å². The van der Waals surface area contributed by atoms with Gasteiger partial charge >= 0.3 is 0 Å². The maximum atomic E-state index is 12.5. The molecule has 1 aromatic carbocycles. The van der Waals surface area contributed by atoms with Crippen molar-refractivity contribution in [2.45, 2.75) is 40.0 Å². The molecule has 0 aliphatic rings. The number of aromatic amines is 4. The monoisotopic (exact) mass is 400 g/mol. The average molecular weight is 400 g/mol. The number of benzene rings is 1. The van der Waals surface area contributed by atoms with Gasteiger partial charge in [0.15, 0.2) is 11.5 Å². The van der Waals surface area contributed by atoms with E-state index in [9.17, 15) is 9.59 Å². The molecule has 8 nitrogen and oxygen atoms in total. The Balaban J connectivity index is 2.10. The van der Waals surface area contributed by atoms with Gasteiger partial charge in [0.25, 0.3) is 11.1 Å². The van der Waals surface area contributed by atoms with Gasteiger partial charge in [0.05, 0.1) is 24.8 Å². The van der Waals surface area contributed by atoms with Crippen LogP contribution in [0.25, 0.3) is 0 Å². The van der Waals surface area contributed by atoms with Crippen molar-refractivity contribution in [2.24, 2.45) is 5.92 Å². The second kappa shape index (κ2) is 8.46. The van der Waals surface area contributed by atoms with Crippen LogP contribution >= 0.6 is 0 Å². The van der Waals surface area contributed by atoms with E-state index in [0.717, 1.165) is 12.0 Å². The van der Waals surface area contributed by atoms with E-state index >= 15 is 0 Å². The fourth-order valence-electron chi connectivity index (χ4n) is 3.47. The Hall–Kier alpha value is -3.16. The normalized spacial score (nSPS) is 11.4. The predicted molar refractivity (Wildman–Crippen MR) is 111 cm³/mol. The Kier molecular flexibility index (Phi) is 6.00. The van der Waals surface area contributed by atoms with Crippen LogP contribution in [0.2, 0.25) is 0 Å². The molecule has 156 valence electrons. The molecule has 0 spiro atoms. The Labute approximate surface area is 168 Å². The fraction of sp³-hybridized carbons (Fsp3) is 0.429. The van der Waals surface area contributed by atoms with Crippen LogP contribution in [0.3, 0.4) is 0 Å². The lowest BCUT2D eigenvalue weighted by Crippen LogP contribution is -2.20. The van der Waals surface area contributed by atoms with Crippen molar-refractivity contribution in [1.29, 1.82) is 0 Å². The first-order chi connectivity index (χ1) is 13.8. The summed E-state index contributed by atoms with van der Waals surface area (Å²) in [7, 11) is 1.58. The third kappa shape index (κ3) is 4.16. The van der Waals surface area contributed by atoms with Gasteiger partial charge in [-0.2, -0.15) is 0 Å². The van der Waals surface area contributed by atoms with Crippen LogP contribution in [0.4, 0.5) is 0 Å². The van der Waals surface area contributed by atoms with Gasteiger partial charge in [0.1, 0.15) is 0 Å². The highest BCUT2D eigenvalue weighted by Gasteiger charge is 2.28. The molecule has 3 aromatic rings. The van der Waals surface area contributed by atoms with Gasteiger partial charge in [-0.3, -0.25) is 19.8 Å². The molecule has 29 heavy (non-hydrogen) atoms. The molecule has 4 N–H and O–H groups in total. The minimum absolute atomic E-state index is 0.260. The van der Waals surface area contributed by atoms with E-state index in [4.69, 9.17) is 9.47 Å². The van der Waals surface area contributed by atoms with E-state index in [1.54, 1.807) is 21.0 Å². The molecule has 0 atom stereocenters. The molecule has 2 aromatic heterocycles. The van der Waals surface area contributed by atoms with Crippen molar-refractivity contribution >= 4 is 0 Å². The minimum atomic E-state index is -0.557. The highest BCUT2D eigenvalue weighted by molar-refractivity contribution is 5.50. The number of H-pyrrole nitrogens is 4. The number of aromatic nitrogens is 4. The molecule has 0 aliphatic heterocycles. The molecular formula is C21H28N4O4. The standard InChI is InChI=1S/C21H28N4O4/c1-11(2)8-9-29-15-7-6-14(10-16(15)28-5)19(17-12(3)22-24-20(17)26)18-13(4)23-25-21(18)27/h6-7,10-11,19H,8-9H2,1-5H3,(H2,22,24,26)(H2,23,25,27). The lowest BCUT2D eigenvalue weighted by molar-refractivity contribution is 0.273. The van der Waals surface area contributed by atoms with Crippen LogP contribution in [0.15, 0.2) is 27.8 Å². The van der Waals surface area contributed by atoms with E-state index in [2.05, 4.69) is 34.2 Å². The zero-order valence-electron chi connectivity index (χ0n) is 17.4. The Bertz CT molecular complexity index is 1030. The summed E-state index contributed by atoms with van der Waals surface area (Å²) in [5.74, 6) is 1.18. The number of nitrogens with one attached hydrogen (secondary N) is 4. The molecule has 0 bridgehead atoms. The molecule has 0 aliphatic carbocycles. The highest BCUT2D eigenvalue weighted by atomic mass is 16.5. The van der Waals surface area contributed by atoms with Crippen LogP contribution in [-0.2, 0) is 0 Å². The van der Waals surface area contributed by atoms with Crippen LogP contribution in [0, 0.1) is 19.8 Å². The van der Waals surface area contributed by atoms with Crippen LogP contribution in [0.1, 0.15) is 54.3 Å². The van der Waals surface area contributed by atoms with Crippen molar-refractivity contribution in [2.75, 3.05) is 13.7 Å². The largest absolute Gasteiger partial charge is 0.493 e. The topological polar surface area (TPSA) is 116 Å². The first-order valence-corrected chi connectivity index (χ1v) is 9.68. The van der Waals surface area contributed by atoms with E-state index in [-0.39, 0.29) is 11.1 Å². The summed E-state index contributed by atoms with van der Waals surface area (Å²) >= 11 is 0. The summed E-state index contributed by atoms with van der Waals surface area (Å²) in [5.41, 5.74) is 2.59. The van der Waals surface area contributed by atoms with Gasteiger partial charge in [0.2, 0.25) is 0 Å². The summed E-state index contributed by atoms with van der Waals surface area (Å²) in [5, 5.41) is 10.9. The second-order valence-corrected chi connectivity index (χ2v) is 7.61. The summed E-state index contributed by atoms with van der Waals surface area (Å²) in [4.78, 5) is 25.1. The van der Waals surface area contributed by atoms with E-state index in [1.165, 1.54) is 0 Å². The quantitative estimate of drug-likeness (QED) is 0.465. The molecule has 0 saturated carbocycles. The SMILES string of the molecule is COc1cc(C(c2c(C)[nH][nH]c2=O)c2c(C)[nH][nH]c2=O)ccc1OCCC(C)C. The minimum Gasteiger partial charge on any atom is -0.493 e. The van der Waals surface area contributed by atoms with Crippen LogP contribution in [0.5, 0.6) is 11.5 Å². The lowest BCUT2D eigenvalue weighted by atomic mass is 9.85. The molecule has 0 unspecified atom stereocenters. The number of aryl methyl sites for hydroxylation is 2. The number of rotatable bonds is 8. The summed E-state index contributed by atoms with van der Waals surface area (Å²) in [6.07, 6.45) is 0.934. The Morgan fingerprint density at radius 2 is 1.48 bits per heavy atom. The first kappa shape index (κ1) is 20.6. The van der Waals surface area contributed by atoms with Crippen molar-refractivity contribution in [1.82, 2.24) is 20.4 Å². The van der Waals surface area contributed by atoms with Crippen molar-refractivity contribution < 1.29 is 9.47 Å². The van der Waals surface area contributed by atoms with Crippen LogP contribution in [-0.4, -0.2) is 34.1 Å². The molecular weight excluding hydrogens is 372 g/mol. The third-order valence-electron chi connectivity index (χ3n) is 5.08. The highest BCUT2D eigenvalue weighted by Crippen LogP contribution is 2.36. The zero-order valence-corrected chi connectivity index (χ0v) is 17.4. The van der Waals surface area contributed by atoms with Crippen molar-refractivity contribution in [3.8, 4) is 11.5 Å². The summed E-state index contributed by atoms with van der Waals surface area (Å²) < 4.78 is 11.4. The number of hydrogen-bond acceptors (Lipinski definition) is 4. The molecule has 2 heterocycles. The van der Waals surface area contributed by atoms with Gasteiger partial charge in [-0.05, 0) is 43.9 Å². The predicted octanol–water partition coefficient (Wildman–Crippen LogP) is 2.95. The lowest BCUT2D eigenvalue weighted by Gasteiger charge is -2.18. The first-order valence-electron chi connectivity index (χ1n) is 9.68. The molecule has 8 heteroatoms. The number of ether oxygens (including phenoxy) is 2. The van der Waals surface area contributed by atoms with E-state index in [1.807, 2.05) is 18.2 Å². The zero-order chi connectivity index (χ0) is 21.1. The third-order valence-corrected chi connectivity index (χ3v) is 5.08. The maximum Gasteiger partial charge on any atom is 0.268 e. The number of methoxy groups -OCH3 is 1. The van der Waals surface area contributed by atoms with Gasteiger partial charge in [0, 0.05) is 17.3 Å². The molecule has 0 saturated heterocycles.